The predicted molar refractivity (Wildman–Crippen MR) is 68.8 cm³/mol. The lowest BCUT2D eigenvalue weighted by Gasteiger charge is -2.19. The van der Waals surface area contributed by atoms with Crippen LogP contribution in [0.15, 0.2) is 30.3 Å². The number of sulfonamides is 1. The first kappa shape index (κ1) is 14.7. The van der Waals surface area contributed by atoms with Gasteiger partial charge in [-0.1, -0.05) is 30.3 Å². The second-order valence-corrected chi connectivity index (χ2v) is 6.12. The van der Waals surface area contributed by atoms with Gasteiger partial charge in [0, 0.05) is 6.54 Å². The molecule has 0 amide bonds. The van der Waals surface area contributed by atoms with Gasteiger partial charge in [0.1, 0.15) is 6.54 Å². The van der Waals surface area contributed by atoms with Crippen molar-refractivity contribution in [1.29, 1.82) is 0 Å². The summed E-state index contributed by atoms with van der Waals surface area (Å²) in [5, 5.41) is 8.73. The van der Waals surface area contributed by atoms with Gasteiger partial charge in [0.2, 0.25) is 10.0 Å². The van der Waals surface area contributed by atoms with Gasteiger partial charge in [0.15, 0.2) is 0 Å². The van der Waals surface area contributed by atoms with E-state index >= 15 is 0 Å². The highest BCUT2D eigenvalue weighted by Crippen LogP contribution is 2.06. The summed E-state index contributed by atoms with van der Waals surface area (Å²) in [5.41, 5.74) is 0.985. The Kier molecular flexibility index (Phi) is 5.30. The molecule has 0 spiro atoms. The number of benzene rings is 1. The molecule has 0 aliphatic carbocycles. The Hall–Kier alpha value is -1.40. The van der Waals surface area contributed by atoms with E-state index in [1.165, 1.54) is 6.92 Å². The number of aliphatic carboxylic acids is 1. The third-order valence-electron chi connectivity index (χ3n) is 2.56. The molecule has 0 aliphatic heterocycles. The maximum Gasteiger partial charge on any atom is 0.318 e. The lowest BCUT2D eigenvalue weighted by Crippen LogP contribution is -2.38. The summed E-state index contributed by atoms with van der Waals surface area (Å²) in [4.78, 5) is 10.7. The molecular formula is C12H17NO4S. The molecule has 0 saturated carbocycles. The SMILES string of the molecule is CCS(=O)(=O)N(CCc1ccccc1)CC(=O)O. The Morgan fingerprint density at radius 3 is 2.39 bits per heavy atom. The number of carboxylic acid groups (broad SMARTS) is 1. The zero-order valence-corrected chi connectivity index (χ0v) is 11.1. The number of hydrogen-bond acceptors (Lipinski definition) is 3. The largest absolute Gasteiger partial charge is 0.480 e. The highest BCUT2D eigenvalue weighted by molar-refractivity contribution is 7.89. The first-order valence-corrected chi connectivity index (χ1v) is 7.30. The molecule has 1 N–H and O–H groups in total. The third kappa shape index (κ3) is 4.46. The summed E-state index contributed by atoms with van der Waals surface area (Å²) >= 11 is 0. The van der Waals surface area contributed by atoms with E-state index in [0.29, 0.717) is 6.42 Å². The summed E-state index contributed by atoms with van der Waals surface area (Å²) in [7, 11) is -3.47. The van der Waals surface area contributed by atoms with Gasteiger partial charge in [0.25, 0.3) is 0 Å². The van der Waals surface area contributed by atoms with Crippen molar-refractivity contribution >= 4 is 16.0 Å². The van der Waals surface area contributed by atoms with Gasteiger partial charge in [-0.2, -0.15) is 4.31 Å². The lowest BCUT2D eigenvalue weighted by atomic mass is 10.1. The van der Waals surface area contributed by atoms with Crippen LogP contribution in [0.3, 0.4) is 0 Å². The normalized spacial score (nSPS) is 11.7. The van der Waals surface area contributed by atoms with Crippen LogP contribution < -0.4 is 0 Å². The van der Waals surface area contributed by atoms with E-state index in [0.717, 1.165) is 9.87 Å². The topological polar surface area (TPSA) is 74.7 Å². The number of nitrogens with zero attached hydrogens (tertiary/aromatic N) is 1. The van der Waals surface area contributed by atoms with Gasteiger partial charge in [-0.3, -0.25) is 4.79 Å². The molecule has 100 valence electrons. The fraction of sp³-hybridized carbons (Fsp3) is 0.417. The smallest absolute Gasteiger partial charge is 0.318 e. The summed E-state index contributed by atoms with van der Waals surface area (Å²) in [6.07, 6.45) is 0.507. The Morgan fingerprint density at radius 1 is 1.28 bits per heavy atom. The highest BCUT2D eigenvalue weighted by atomic mass is 32.2. The van der Waals surface area contributed by atoms with Crippen molar-refractivity contribution in [2.24, 2.45) is 0 Å². The molecule has 0 radical (unpaired) electrons. The van der Waals surface area contributed by atoms with Crippen molar-refractivity contribution < 1.29 is 18.3 Å². The Bertz CT molecular complexity index is 484. The van der Waals surface area contributed by atoms with Gasteiger partial charge in [-0.25, -0.2) is 8.42 Å². The Balaban J connectivity index is 2.71. The Labute approximate surface area is 107 Å². The molecule has 6 heteroatoms. The molecule has 1 aromatic carbocycles. The van der Waals surface area contributed by atoms with Crippen LogP contribution in [0.2, 0.25) is 0 Å². The lowest BCUT2D eigenvalue weighted by molar-refractivity contribution is -0.137. The minimum Gasteiger partial charge on any atom is -0.480 e. The van der Waals surface area contributed by atoms with Crippen LogP contribution in [-0.4, -0.2) is 42.6 Å². The summed E-state index contributed by atoms with van der Waals surface area (Å²) in [5.74, 6) is -1.23. The molecule has 0 aliphatic rings. The van der Waals surface area contributed by atoms with Gasteiger partial charge in [-0.15, -0.1) is 0 Å². The van der Waals surface area contributed by atoms with Crippen LogP contribution in [-0.2, 0) is 21.2 Å². The van der Waals surface area contributed by atoms with Crippen LogP contribution in [0.4, 0.5) is 0 Å². The first-order valence-electron chi connectivity index (χ1n) is 5.69. The van der Waals surface area contributed by atoms with Crippen LogP contribution in [0, 0.1) is 0 Å². The van der Waals surface area contributed by atoms with Crippen molar-refractivity contribution in [3.8, 4) is 0 Å². The monoisotopic (exact) mass is 271 g/mol. The van der Waals surface area contributed by atoms with E-state index in [1.54, 1.807) is 0 Å². The third-order valence-corrected chi connectivity index (χ3v) is 4.39. The highest BCUT2D eigenvalue weighted by Gasteiger charge is 2.22. The van der Waals surface area contributed by atoms with Crippen molar-refractivity contribution in [3.05, 3.63) is 35.9 Å². The average molecular weight is 271 g/mol. The fourth-order valence-electron chi connectivity index (χ4n) is 1.55. The van der Waals surface area contributed by atoms with E-state index in [2.05, 4.69) is 0 Å². The molecule has 5 nitrogen and oxygen atoms in total. The van der Waals surface area contributed by atoms with Crippen LogP contribution in [0.25, 0.3) is 0 Å². The summed E-state index contributed by atoms with van der Waals surface area (Å²) in [6.45, 7) is 1.21. The second kappa shape index (κ2) is 6.51. The molecule has 0 saturated heterocycles. The average Bonchev–Trinajstić information content (AvgIpc) is 2.35. The summed E-state index contributed by atoms with van der Waals surface area (Å²) < 4.78 is 24.5. The van der Waals surface area contributed by atoms with Crippen LogP contribution in [0.1, 0.15) is 12.5 Å². The standard InChI is InChI=1S/C12H17NO4S/c1-2-18(16,17)13(10-12(14)15)9-8-11-6-4-3-5-7-11/h3-7H,2,8-10H2,1H3,(H,14,15). The molecule has 0 bridgehead atoms. The number of rotatable bonds is 7. The Morgan fingerprint density at radius 2 is 1.89 bits per heavy atom. The van der Waals surface area contributed by atoms with Gasteiger partial charge in [-0.05, 0) is 18.9 Å². The molecular weight excluding hydrogens is 254 g/mol. The van der Waals surface area contributed by atoms with E-state index in [9.17, 15) is 13.2 Å². The quantitative estimate of drug-likeness (QED) is 0.801. The summed E-state index contributed by atoms with van der Waals surface area (Å²) in [6, 6.07) is 9.38. The van der Waals surface area contributed by atoms with Crippen LogP contribution in [0.5, 0.6) is 0 Å². The second-order valence-electron chi connectivity index (χ2n) is 3.86. The first-order chi connectivity index (χ1) is 8.45. The molecule has 1 aromatic rings. The van der Waals surface area contributed by atoms with Gasteiger partial charge < -0.3 is 5.11 Å². The minimum atomic E-state index is -3.47. The number of carboxylic acids is 1. The van der Waals surface area contributed by atoms with Crippen molar-refractivity contribution in [2.45, 2.75) is 13.3 Å². The number of hydrogen-bond donors (Lipinski definition) is 1. The maximum absolute atomic E-state index is 11.7. The number of carbonyl (C=O) groups is 1. The van der Waals surface area contributed by atoms with E-state index in [-0.39, 0.29) is 12.3 Å². The van der Waals surface area contributed by atoms with Crippen molar-refractivity contribution in [1.82, 2.24) is 4.31 Å². The molecule has 0 unspecified atom stereocenters. The van der Waals surface area contributed by atoms with Gasteiger partial charge in [0.05, 0.1) is 5.75 Å². The molecule has 0 fully saturated rings. The zero-order chi connectivity index (χ0) is 13.6. The molecule has 0 atom stereocenters. The molecule has 0 heterocycles. The molecule has 18 heavy (non-hydrogen) atoms. The van der Waals surface area contributed by atoms with Crippen molar-refractivity contribution in [2.75, 3.05) is 18.8 Å². The van der Waals surface area contributed by atoms with E-state index in [1.807, 2.05) is 30.3 Å². The predicted octanol–water partition coefficient (Wildman–Crippen LogP) is 0.965. The molecule has 0 aromatic heterocycles. The van der Waals surface area contributed by atoms with Crippen molar-refractivity contribution in [3.63, 3.8) is 0 Å². The van der Waals surface area contributed by atoms with E-state index in [4.69, 9.17) is 5.11 Å². The zero-order valence-electron chi connectivity index (χ0n) is 10.2. The van der Waals surface area contributed by atoms with Gasteiger partial charge >= 0.3 is 5.97 Å². The van der Waals surface area contributed by atoms with Crippen LogP contribution >= 0.6 is 0 Å². The molecule has 1 rings (SSSR count). The van der Waals surface area contributed by atoms with E-state index < -0.39 is 22.5 Å². The maximum atomic E-state index is 11.7. The minimum absolute atomic E-state index is 0.0882. The fourth-order valence-corrected chi connectivity index (χ4v) is 2.59.